The van der Waals surface area contributed by atoms with Gasteiger partial charge in [0.1, 0.15) is 11.6 Å². The number of nitrogens with zero attached hydrogens (tertiary/aromatic N) is 2. The molecule has 23 heavy (non-hydrogen) atoms. The van der Waals surface area contributed by atoms with E-state index in [4.69, 9.17) is 10.4 Å². The summed E-state index contributed by atoms with van der Waals surface area (Å²) in [6, 6.07) is 7.26. The Kier molecular flexibility index (Phi) is 4.57. The van der Waals surface area contributed by atoms with Crippen LogP contribution in [0.3, 0.4) is 0 Å². The molecular formula is C18H20N2O3. The first-order valence-corrected chi connectivity index (χ1v) is 7.37. The van der Waals surface area contributed by atoms with E-state index < -0.39 is 5.97 Å². The number of carboxylic acids is 1. The SMILES string of the molecule is CC1=CC(C)(C)N(CCO)c2ccc(/C=C(\C#N)C(=O)O)cc21. The second-order valence-corrected chi connectivity index (χ2v) is 6.11. The Morgan fingerprint density at radius 1 is 1.43 bits per heavy atom. The third-order valence-electron chi connectivity index (χ3n) is 3.99. The minimum atomic E-state index is -1.24. The molecule has 5 nitrogen and oxygen atoms in total. The molecule has 0 saturated carbocycles. The Morgan fingerprint density at radius 3 is 2.70 bits per heavy atom. The van der Waals surface area contributed by atoms with Gasteiger partial charge in [0.15, 0.2) is 0 Å². The zero-order chi connectivity index (χ0) is 17.2. The summed E-state index contributed by atoms with van der Waals surface area (Å²) in [6.07, 6.45) is 3.49. The summed E-state index contributed by atoms with van der Waals surface area (Å²) < 4.78 is 0. The second kappa shape index (κ2) is 6.27. The van der Waals surface area contributed by atoms with Gasteiger partial charge in [0.2, 0.25) is 0 Å². The normalized spacial score (nSPS) is 16.4. The minimum absolute atomic E-state index is 0.0506. The van der Waals surface area contributed by atoms with Crippen LogP contribution in [0.1, 0.15) is 31.9 Å². The van der Waals surface area contributed by atoms with Crippen LogP contribution in [0.25, 0.3) is 11.6 Å². The molecule has 1 aromatic rings. The van der Waals surface area contributed by atoms with Crippen molar-refractivity contribution in [2.75, 3.05) is 18.1 Å². The van der Waals surface area contributed by atoms with Crippen LogP contribution in [-0.4, -0.2) is 34.9 Å². The Bertz CT molecular complexity index is 739. The molecule has 0 amide bonds. The Hall–Kier alpha value is -2.58. The van der Waals surface area contributed by atoms with E-state index in [0.717, 1.165) is 16.8 Å². The van der Waals surface area contributed by atoms with Gasteiger partial charge >= 0.3 is 5.97 Å². The van der Waals surface area contributed by atoms with Crippen molar-refractivity contribution in [2.24, 2.45) is 0 Å². The number of carbonyl (C=O) groups is 1. The number of aliphatic carboxylic acids is 1. The predicted octanol–water partition coefficient (Wildman–Crippen LogP) is 2.67. The molecule has 1 heterocycles. The van der Waals surface area contributed by atoms with E-state index in [1.807, 2.05) is 19.1 Å². The standard InChI is InChI=1S/C18H20N2O3/c1-12-10-18(2,3)20(6-7-21)16-5-4-13(9-15(12)16)8-14(11-19)17(22)23/h4-5,8-10,21H,6-7H2,1-3H3,(H,22,23)/b14-8+. The molecule has 0 spiro atoms. The maximum absolute atomic E-state index is 11.0. The largest absolute Gasteiger partial charge is 0.477 e. The molecule has 0 aromatic heterocycles. The highest BCUT2D eigenvalue weighted by molar-refractivity contribution is 5.97. The molecule has 1 aromatic carbocycles. The number of aliphatic hydroxyl groups excluding tert-OH is 1. The number of allylic oxidation sites excluding steroid dienone is 1. The zero-order valence-corrected chi connectivity index (χ0v) is 13.5. The van der Waals surface area contributed by atoms with Crippen LogP contribution in [0.5, 0.6) is 0 Å². The third-order valence-corrected chi connectivity index (χ3v) is 3.99. The number of hydrogen-bond donors (Lipinski definition) is 2. The highest BCUT2D eigenvalue weighted by Crippen LogP contribution is 2.39. The summed E-state index contributed by atoms with van der Waals surface area (Å²) in [6.45, 7) is 6.74. The van der Waals surface area contributed by atoms with Crippen LogP contribution in [0.4, 0.5) is 5.69 Å². The van der Waals surface area contributed by atoms with Crippen molar-refractivity contribution in [1.82, 2.24) is 0 Å². The molecule has 0 radical (unpaired) electrons. The fourth-order valence-corrected chi connectivity index (χ4v) is 3.01. The average molecular weight is 312 g/mol. The molecule has 2 rings (SSSR count). The van der Waals surface area contributed by atoms with Gasteiger partial charge in [-0.3, -0.25) is 0 Å². The molecule has 5 heteroatoms. The maximum atomic E-state index is 11.0. The van der Waals surface area contributed by atoms with Crippen molar-refractivity contribution in [1.29, 1.82) is 5.26 Å². The van der Waals surface area contributed by atoms with E-state index in [9.17, 15) is 9.90 Å². The highest BCUT2D eigenvalue weighted by Gasteiger charge is 2.30. The summed E-state index contributed by atoms with van der Waals surface area (Å²) in [5, 5.41) is 27.2. The topological polar surface area (TPSA) is 84.6 Å². The van der Waals surface area contributed by atoms with E-state index in [1.165, 1.54) is 6.08 Å². The molecule has 120 valence electrons. The molecule has 0 aliphatic carbocycles. The average Bonchev–Trinajstić information content (AvgIpc) is 2.48. The Balaban J connectivity index is 2.54. The van der Waals surface area contributed by atoms with E-state index in [2.05, 4.69) is 24.8 Å². The highest BCUT2D eigenvalue weighted by atomic mass is 16.4. The molecule has 0 unspecified atom stereocenters. The van der Waals surface area contributed by atoms with Crippen molar-refractivity contribution in [3.05, 3.63) is 41.0 Å². The minimum Gasteiger partial charge on any atom is -0.477 e. The van der Waals surface area contributed by atoms with Crippen LogP contribution >= 0.6 is 0 Å². The smallest absolute Gasteiger partial charge is 0.346 e. The van der Waals surface area contributed by atoms with Crippen molar-refractivity contribution < 1.29 is 15.0 Å². The predicted molar refractivity (Wildman–Crippen MR) is 89.8 cm³/mol. The monoisotopic (exact) mass is 312 g/mol. The Labute approximate surface area is 135 Å². The third kappa shape index (κ3) is 3.27. The summed E-state index contributed by atoms with van der Waals surface area (Å²) in [5.74, 6) is -1.24. The van der Waals surface area contributed by atoms with Gasteiger partial charge < -0.3 is 15.1 Å². The number of β-amino-alcohol motifs (C(OH)–C–C–N with tert-alkyl or cyclic N) is 1. The van der Waals surface area contributed by atoms with Crippen LogP contribution in [0.15, 0.2) is 29.8 Å². The summed E-state index contributed by atoms with van der Waals surface area (Å²) in [4.78, 5) is 13.1. The fraction of sp³-hybridized carbons (Fsp3) is 0.333. The number of benzene rings is 1. The first-order valence-electron chi connectivity index (χ1n) is 7.37. The number of hydrogen-bond acceptors (Lipinski definition) is 4. The molecule has 0 fully saturated rings. The quantitative estimate of drug-likeness (QED) is 0.659. The van der Waals surface area contributed by atoms with Gasteiger partial charge in [-0.05, 0) is 50.1 Å². The van der Waals surface area contributed by atoms with Crippen LogP contribution in [-0.2, 0) is 4.79 Å². The lowest BCUT2D eigenvalue weighted by molar-refractivity contribution is -0.132. The van der Waals surface area contributed by atoms with Crippen molar-refractivity contribution in [3.8, 4) is 6.07 Å². The van der Waals surface area contributed by atoms with Gasteiger partial charge in [0.05, 0.1) is 12.1 Å². The molecule has 0 saturated heterocycles. The van der Waals surface area contributed by atoms with E-state index in [-0.39, 0.29) is 17.7 Å². The van der Waals surface area contributed by atoms with Crippen LogP contribution in [0, 0.1) is 11.3 Å². The van der Waals surface area contributed by atoms with Gasteiger partial charge in [-0.2, -0.15) is 5.26 Å². The first kappa shape index (κ1) is 16.8. The summed E-state index contributed by atoms with van der Waals surface area (Å²) in [5.41, 5.74) is 3.22. The second-order valence-electron chi connectivity index (χ2n) is 6.11. The van der Waals surface area contributed by atoms with Gasteiger partial charge in [-0.15, -0.1) is 0 Å². The Morgan fingerprint density at radius 2 is 2.13 bits per heavy atom. The van der Waals surface area contributed by atoms with Gasteiger partial charge in [-0.25, -0.2) is 4.79 Å². The molecular weight excluding hydrogens is 292 g/mol. The lowest BCUT2D eigenvalue weighted by Gasteiger charge is -2.43. The van der Waals surface area contributed by atoms with Gasteiger partial charge in [0.25, 0.3) is 0 Å². The lowest BCUT2D eigenvalue weighted by Crippen LogP contribution is -2.46. The molecule has 0 atom stereocenters. The van der Waals surface area contributed by atoms with Crippen molar-refractivity contribution >= 4 is 23.3 Å². The number of fused-ring (bicyclic) bond motifs is 1. The van der Waals surface area contributed by atoms with E-state index in [1.54, 1.807) is 12.1 Å². The van der Waals surface area contributed by atoms with Crippen LogP contribution in [0.2, 0.25) is 0 Å². The number of rotatable bonds is 4. The number of anilines is 1. The first-order chi connectivity index (χ1) is 10.8. The number of carboxylic acid groups (broad SMARTS) is 1. The summed E-state index contributed by atoms with van der Waals surface area (Å²) in [7, 11) is 0. The zero-order valence-electron chi connectivity index (χ0n) is 13.5. The number of nitriles is 1. The van der Waals surface area contributed by atoms with Crippen LogP contribution < -0.4 is 4.90 Å². The van der Waals surface area contributed by atoms with Gasteiger partial charge in [0, 0.05) is 17.8 Å². The van der Waals surface area contributed by atoms with E-state index >= 15 is 0 Å². The number of aliphatic hydroxyl groups is 1. The van der Waals surface area contributed by atoms with Crippen molar-refractivity contribution in [3.63, 3.8) is 0 Å². The van der Waals surface area contributed by atoms with E-state index in [0.29, 0.717) is 12.1 Å². The molecule has 2 N–H and O–H groups in total. The fourth-order valence-electron chi connectivity index (χ4n) is 3.01. The van der Waals surface area contributed by atoms with Crippen molar-refractivity contribution in [2.45, 2.75) is 26.3 Å². The molecule has 0 bridgehead atoms. The lowest BCUT2D eigenvalue weighted by atomic mass is 9.88. The summed E-state index contributed by atoms with van der Waals surface area (Å²) >= 11 is 0. The molecule has 1 aliphatic rings. The van der Waals surface area contributed by atoms with Gasteiger partial charge in [-0.1, -0.05) is 12.1 Å². The molecule has 1 aliphatic heterocycles. The maximum Gasteiger partial charge on any atom is 0.346 e.